The molecular formula is C14H23NO2. The summed E-state index contributed by atoms with van der Waals surface area (Å²) in [6.45, 7) is 4.72. The molecule has 4 aliphatic carbocycles. The molecule has 2 unspecified atom stereocenters. The van der Waals surface area contributed by atoms with Gasteiger partial charge in [-0.05, 0) is 60.7 Å². The summed E-state index contributed by atoms with van der Waals surface area (Å²) in [5.41, 5.74) is 6.33. The highest BCUT2D eigenvalue weighted by atomic mass is 16.4. The van der Waals surface area contributed by atoms with Crippen LogP contribution in [0.25, 0.3) is 0 Å². The average Bonchev–Trinajstić information content (AvgIpc) is 3.09. The van der Waals surface area contributed by atoms with Gasteiger partial charge in [-0.2, -0.15) is 0 Å². The first-order chi connectivity index (χ1) is 7.89. The second-order valence-electron chi connectivity index (χ2n) is 7.09. The molecule has 4 rings (SSSR count). The van der Waals surface area contributed by atoms with Crippen molar-refractivity contribution in [3.8, 4) is 0 Å². The summed E-state index contributed by atoms with van der Waals surface area (Å²) in [5.74, 6) is 1.35. The minimum absolute atomic E-state index is 0.0564. The Bertz CT molecular complexity index is 357. The van der Waals surface area contributed by atoms with Crippen LogP contribution >= 0.6 is 0 Å². The molecule has 0 aliphatic heterocycles. The maximum atomic E-state index is 11.2. The third-order valence-electron chi connectivity index (χ3n) is 6.31. The summed E-state index contributed by atoms with van der Waals surface area (Å²) in [7, 11) is 0. The fourth-order valence-electron chi connectivity index (χ4n) is 4.80. The highest BCUT2D eigenvalue weighted by molar-refractivity contribution is 5.75. The molecule has 4 atom stereocenters. The van der Waals surface area contributed by atoms with Crippen LogP contribution in [0.1, 0.15) is 46.0 Å². The largest absolute Gasteiger partial charge is 0.480 e. The Kier molecular flexibility index (Phi) is 2.20. The van der Waals surface area contributed by atoms with Crippen LogP contribution in [0.2, 0.25) is 0 Å². The van der Waals surface area contributed by atoms with E-state index >= 15 is 0 Å². The number of nitrogens with two attached hydrogens (primary N) is 1. The van der Waals surface area contributed by atoms with Gasteiger partial charge in [-0.25, -0.2) is 0 Å². The molecule has 4 saturated carbocycles. The number of carbonyl (C=O) groups is 1. The molecule has 2 bridgehead atoms. The Hall–Kier alpha value is -0.570. The summed E-state index contributed by atoms with van der Waals surface area (Å²) in [6, 6.07) is -0.638. The number of fused-ring (bicyclic) bond motifs is 2. The molecule has 0 saturated heterocycles. The molecule has 0 radical (unpaired) electrons. The Balaban J connectivity index is 1.83. The van der Waals surface area contributed by atoms with Gasteiger partial charge < -0.3 is 10.8 Å². The minimum Gasteiger partial charge on any atom is -0.480 e. The van der Waals surface area contributed by atoms with E-state index in [2.05, 4.69) is 13.8 Å². The highest BCUT2D eigenvalue weighted by Gasteiger charge is 2.65. The van der Waals surface area contributed by atoms with Gasteiger partial charge in [-0.1, -0.05) is 13.8 Å². The molecule has 4 fully saturated rings. The number of hydrogen-bond donors (Lipinski definition) is 2. The SMILES string of the molecule is CC1(C)[C@H]2CCC(C3(C(N)C(=O)O)CC3)[C@@H]1C2. The lowest BCUT2D eigenvalue weighted by molar-refractivity contribution is -0.150. The van der Waals surface area contributed by atoms with E-state index in [0.717, 1.165) is 18.8 Å². The van der Waals surface area contributed by atoms with Gasteiger partial charge in [0.2, 0.25) is 0 Å². The monoisotopic (exact) mass is 237 g/mol. The van der Waals surface area contributed by atoms with Crippen molar-refractivity contribution in [1.29, 1.82) is 0 Å². The number of carboxylic acid groups (broad SMARTS) is 1. The van der Waals surface area contributed by atoms with Crippen LogP contribution in [0.4, 0.5) is 0 Å². The van der Waals surface area contributed by atoms with Crippen molar-refractivity contribution in [3.05, 3.63) is 0 Å². The number of aliphatic carboxylic acids is 1. The zero-order valence-corrected chi connectivity index (χ0v) is 10.8. The van der Waals surface area contributed by atoms with E-state index in [9.17, 15) is 9.90 Å². The molecule has 0 aromatic rings. The summed E-state index contributed by atoms with van der Waals surface area (Å²) in [4.78, 5) is 11.2. The molecule has 17 heavy (non-hydrogen) atoms. The topological polar surface area (TPSA) is 63.3 Å². The number of hydrogen-bond acceptors (Lipinski definition) is 2. The van der Waals surface area contributed by atoms with E-state index in [1.165, 1.54) is 19.3 Å². The van der Waals surface area contributed by atoms with E-state index in [4.69, 9.17) is 5.73 Å². The quantitative estimate of drug-likeness (QED) is 0.791. The molecule has 3 heteroatoms. The predicted octanol–water partition coefficient (Wildman–Crippen LogP) is 2.25. The van der Waals surface area contributed by atoms with Gasteiger partial charge in [0.15, 0.2) is 0 Å². The van der Waals surface area contributed by atoms with Gasteiger partial charge in [0.05, 0.1) is 0 Å². The van der Waals surface area contributed by atoms with Crippen LogP contribution in [0.3, 0.4) is 0 Å². The van der Waals surface area contributed by atoms with Crippen molar-refractivity contribution in [3.63, 3.8) is 0 Å². The molecule has 4 aliphatic rings. The lowest BCUT2D eigenvalue weighted by atomic mass is 9.43. The molecule has 0 amide bonds. The van der Waals surface area contributed by atoms with Gasteiger partial charge in [0, 0.05) is 0 Å². The maximum Gasteiger partial charge on any atom is 0.321 e. The molecule has 0 aromatic heterocycles. The normalized spacial score (nSPS) is 42.4. The molecule has 0 spiro atoms. The zero-order valence-electron chi connectivity index (χ0n) is 10.8. The summed E-state index contributed by atoms with van der Waals surface area (Å²) in [5, 5.41) is 9.19. The molecular weight excluding hydrogens is 214 g/mol. The molecule has 3 N–H and O–H groups in total. The fourth-order valence-corrected chi connectivity index (χ4v) is 4.80. The van der Waals surface area contributed by atoms with E-state index in [-0.39, 0.29) is 5.41 Å². The van der Waals surface area contributed by atoms with Crippen LogP contribution < -0.4 is 5.73 Å². The van der Waals surface area contributed by atoms with Gasteiger partial charge >= 0.3 is 5.97 Å². The Morgan fingerprint density at radius 2 is 1.94 bits per heavy atom. The van der Waals surface area contributed by atoms with E-state index in [1.807, 2.05) is 0 Å². The zero-order chi connectivity index (χ0) is 12.4. The Morgan fingerprint density at radius 1 is 1.29 bits per heavy atom. The Labute approximate surface area is 103 Å². The van der Waals surface area contributed by atoms with Gasteiger partial charge in [0.1, 0.15) is 6.04 Å². The van der Waals surface area contributed by atoms with Gasteiger partial charge in [-0.3, -0.25) is 4.79 Å². The number of carboxylic acids is 1. The van der Waals surface area contributed by atoms with Crippen LogP contribution in [-0.4, -0.2) is 17.1 Å². The first kappa shape index (κ1) is 11.5. The van der Waals surface area contributed by atoms with Crippen molar-refractivity contribution in [2.75, 3.05) is 0 Å². The average molecular weight is 237 g/mol. The molecule has 0 aromatic carbocycles. The third kappa shape index (κ3) is 1.35. The van der Waals surface area contributed by atoms with E-state index in [1.54, 1.807) is 0 Å². The first-order valence-corrected chi connectivity index (χ1v) is 6.88. The lowest BCUT2D eigenvalue weighted by Gasteiger charge is -2.62. The highest BCUT2D eigenvalue weighted by Crippen LogP contribution is 2.70. The van der Waals surface area contributed by atoms with Crippen LogP contribution in [0.15, 0.2) is 0 Å². The van der Waals surface area contributed by atoms with Crippen molar-refractivity contribution in [2.24, 2.45) is 34.3 Å². The second-order valence-corrected chi connectivity index (χ2v) is 7.09. The second kappa shape index (κ2) is 3.25. The van der Waals surface area contributed by atoms with Gasteiger partial charge in [-0.15, -0.1) is 0 Å². The van der Waals surface area contributed by atoms with E-state index < -0.39 is 12.0 Å². The van der Waals surface area contributed by atoms with Crippen LogP contribution in [0, 0.1) is 28.6 Å². The Morgan fingerprint density at radius 3 is 2.35 bits per heavy atom. The minimum atomic E-state index is -0.804. The maximum absolute atomic E-state index is 11.2. The molecule has 3 nitrogen and oxygen atoms in total. The van der Waals surface area contributed by atoms with Crippen LogP contribution in [-0.2, 0) is 4.79 Å². The standard InChI is InChI=1S/C14H23NO2/c1-13(2)8-3-4-9(10(13)7-8)14(5-6-14)11(15)12(16)17/h8-11H,3-7,15H2,1-2H3,(H,16,17)/t8-,9?,10-,11?/m0/s1. The van der Waals surface area contributed by atoms with Crippen molar-refractivity contribution in [1.82, 2.24) is 0 Å². The smallest absolute Gasteiger partial charge is 0.321 e. The number of rotatable bonds is 3. The first-order valence-electron chi connectivity index (χ1n) is 6.88. The predicted molar refractivity (Wildman–Crippen MR) is 65.4 cm³/mol. The summed E-state index contributed by atoms with van der Waals surface area (Å²) >= 11 is 0. The van der Waals surface area contributed by atoms with Crippen molar-refractivity contribution < 1.29 is 9.90 Å². The summed E-state index contributed by atoms with van der Waals surface area (Å²) < 4.78 is 0. The molecule has 0 heterocycles. The fraction of sp³-hybridized carbons (Fsp3) is 0.929. The lowest BCUT2D eigenvalue weighted by Crippen LogP contribution is -2.57. The molecule has 96 valence electrons. The third-order valence-corrected chi connectivity index (χ3v) is 6.31. The van der Waals surface area contributed by atoms with Crippen LogP contribution in [0.5, 0.6) is 0 Å². The van der Waals surface area contributed by atoms with Crippen molar-refractivity contribution >= 4 is 5.97 Å². The summed E-state index contributed by atoms with van der Waals surface area (Å²) in [6.07, 6.45) is 5.86. The van der Waals surface area contributed by atoms with E-state index in [0.29, 0.717) is 17.3 Å². The van der Waals surface area contributed by atoms with Gasteiger partial charge in [0.25, 0.3) is 0 Å². The van der Waals surface area contributed by atoms with Crippen molar-refractivity contribution in [2.45, 2.75) is 52.0 Å².